The second-order valence-corrected chi connectivity index (χ2v) is 5.26. The minimum atomic E-state index is 0.00593. The van der Waals surface area contributed by atoms with Crippen molar-refractivity contribution in [2.45, 2.75) is 12.5 Å². The molecule has 1 amide bonds. The first kappa shape index (κ1) is 11.5. The topological polar surface area (TPSA) is 29.1 Å². The predicted octanol–water partition coefficient (Wildman–Crippen LogP) is 3.48. The summed E-state index contributed by atoms with van der Waals surface area (Å²) in [6.07, 6.45) is 0.826. The molecule has 0 aromatic heterocycles. The molecule has 0 radical (unpaired) electrons. The summed E-state index contributed by atoms with van der Waals surface area (Å²) in [6.45, 7) is 0. The fourth-order valence-corrected chi connectivity index (χ4v) is 2.88. The second-order valence-electron chi connectivity index (χ2n) is 4.41. The lowest BCUT2D eigenvalue weighted by molar-refractivity contribution is 0.0925. The predicted molar refractivity (Wildman–Crippen MR) is 74.5 cm³/mol. The number of carbonyl (C=O) groups excluding carboxylic acids is 1. The molecule has 0 aliphatic carbocycles. The van der Waals surface area contributed by atoms with Gasteiger partial charge in [-0.15, -0.1) is 0 Å². The summed E-state index contributed by atoms with van der Waals surface area (Å²) in [5.41, 5.74) is 3.01. The lowest BCUT2D eigenvalue weighted by Crippen LogP contribution is -2.35. The van der Waals surface area contributed by atoms with Crippen LogP contribution in [0.25, 0.3) is 0 Å². The van der Waals surface area contributed by atoms with E-state index < -0.39 is 0 Å². The zero-order valence-corrected chi connectivity index (χ0v) is 11.3. The van der Waals surface area contributed by atoms with Crippen molar-refractivity contribution in [1.82, 2.24) is 5.32 Å². The van der Waals surface area contributed by atoms with Crippen LogP contribution in [0.2, 0.25) is 0 Å². The van der Waals surface area contributed by atoms with E-state index in [1.54, 1.807) is 0 Å². The smallest absolute Gasteiger partial charge is 0.252 e. The molecular weight excluding hydrogens is 290 g/mol. The van der Waals surface area contributed by atoms with Crippen molar-refractivity contribution < 1.29 is 4.79 Å². The molecule has 3 heteroatoms. The molecule has 1 aliphatic heterocycles. The van der Waals surface area contributed by atoms with Crippen LogP contribution < -0.4 is 5.32 Å². The summed E-state index contributed by atoms with van der Waals surface area (Å²) in [5, 5.41) is 3.06. The zero-order chi connectivity index (χ0) is 12.5. The van der Waals surface area contributed by atoms with E-state index in [2.05, 4.69) is 21.2 Å². The van der Waals surface area contributed by atoms with E-state index in [1.165, 1.54) is 0 Å². The molecule has 1 N–H and O–H groups in total. The highest BCUT2D eigenvalue weighted by molar-refractivity contribution is 9.10. The van der Waals surface area contributed by atoms with Crippen LogP contribution in [0.15, 0.2) is 53.0 Å². The molecular formula is C15H12BrNO. The maximum Gasteiger partial charge on any atom is 0.252 e. The van der Waals surface area contributed by atoms with E-state index in [-0.39, 0.29) is 11.9 Å². The summed E-state index contributed by atoms with van der Waals surface area (Å²) in [4.78, 5) is 12.1. The highest BCUT2D eigenvalue weighted by Gasteiger charge is 2.26. The number of rotatable bonds is 1. The van der Waals surface area contributed by atoms with Crippen molar-refractivity contribution in [2.75, 3.05) is 0 Å². The van der Waals surface area contributed by atoms with Gasteiger partial charge < -0.3 is 5.32 Å². The van der Waals surface area contributed by atoms with Gasteiger partial charge in [-0.05, 0) is 29.7 Å². The molecule has 0 saturated heterocycles. The van der Waals surface area contributed by atoms with Crippen LogP contribution in [-0.4, -0.2) is 5.91 Å². The summed E-state index contributed by atoms with van der Waals surface area (Å²) in [5.74, 6) is 0.00593. The molecule has 2 aromatic carbocycles. The molecule has 0 fully saturated rings. The average Bonchev–Trinajstić information content (AvgIpc) is 2.41. The van der Waals surface area contributed by atoms with Gasteiger partial charge in [-0.25, -0.2) is 0 Å². The molecule has 90 valence electrons. The molecule has 1 heterocycles. The maximum absolute atomic E-state index is 12.1. The monoisotopic (exact) mass is 301 g/mol. The number of hydrogen-bond donors (Lipinski definition) is 1. The molecule has 1 atom stereocenters. The van der Waals surface area contributed by atoms with E-state index in [9.17, 15) is 4.79 Å². The quantitative estimate of drug-likeness (QED) is 0.858. The third-order valence-corrected chi connectivity index (χ3v) is 4.02. The summed E-state index contributed by atoms with van der Waals surface area (Å²) in [7, 11) is 0. The molecule has 0 saturated carbocycles. The van der Waals surface area contributed by atoms with Gasteiger partial charge in [0.05, 0.1) is 6.04 Å². The van der Waals surface area contributed by atoms with E-state index in [0.29, 0.717) is 0 Å². The number of benzene rings is 2. The number of fused-ring (bicyclic) bond motifs is 1. The zero-order valence-electron chi connectivity index (χ0n) is 9.69. The van der Waals surface area contributed by atoms with Crippen LogP contribution in [0.4, 0.5) is 0 Å². The van der Waals surface area contributed by atoms with Crippen molar-refractivity contribution in [3.05, 3.63) is 69.7 Å². The van der Waals surface area contributed by atoms with Gasteiger partial charge in [-0.2, -0.15) is 0 Å². The van der Waals surface area contributed by atoms with E-state index >= 15 is 0 Å². The number of hydrogen-bond acceptors (Lipinski definition) is 1. The van der Waals surface area contributed by atoms with E-state index in [0.717, 1.165) is 27.6 Å². The van der Waals surface area contributed by atoms with Gasteiger partial charge in [0.1, 0.15) is 0 Å². The number of halogens is 1. The second kappa shape index (κ2) is 4.58. The number of amides is 1. The fraction of sp³-hybridized carbons (Fsp3) is 0.133. The van der Waals surface area contributed by atoms with Crippen molar-refractivity contribution in [3.8, 4) is 0 Å². The Morgan fingerprint density at radius 3 is 2.61 bits per heavy atom. The Labute approximate surface area is 114 Å². The largest absolute Gasteiger partial charge is 0.345 e. The third-order valence-electron chi connectivity index (χ3n) is 3.28. The molecule has 0 bridgehead atoms. The first-order valence-electron chi connectivity index (χ1n) is 5.89. The van der Waals surface area contributed by atoms with Crippen LogP contribution in [0.5, 0.6) is 0 Å². The van der Waals surface area contributed by atoms with Crippen molar-refractivity contribution in [3.63, 3.8) is 0 Å². The molecule has 0 spiro atoms. The minimum Gasteiger partial charge on any atom is -0.345 e. The lowest BCUT2D eigenvalue weighted by atomic mass is 9.91. The van der Waals surface area contributed by atoms with Gasteiger partial charge in [-0.1, -0.05) is 52.3 Å². The van der Waals surface area contributed by atoms with Crippen LogP contribution in [0.1, 0.15) is 27.5 Å². The first-order chi connectivity index (χ1) is 8.75. The summed E-state index contributed by atoms with van der Waals surface area (Å²) in [6, 6.07) is 15.9. The summed E-state index contributed by atoms with van der Waals surface area (Å²) < 4.78 is 1.01. The highest BCUT2D eigenvalue weighted by atomic mass is 79.9. The Bertz CT molecular complexity index is 595. The van der Waals surface area contributed by atoms with Crippen molar-refractivity contribution in [1.29, 1.82) is 0 Å². The Balaban J connectivity index is 2.01. The number of nitrogens with one attached hydrogen (secondary N) is 1. The van der Waals surface area contributed by atoms with Crippen LogP contribution in [0, 0.1) is 0 Å². The highest BCUT2D eigenvalue weighted by Crippen LogP contribution is 2.30. The van der Waals surface area contributed by atoms with Gasteiger partial charge in [0, 0.05) is 10.0 Å². The van der Waals surface area contributed by atoms with Crippen LogP contribution in [-0.2, 0) is 6.42 Å². The number of carbonyl (C=O) groups is 1. The Morgan fingerprint density at radius 1 is 1.06 bits per heavy atom. The summed E-state index contributed by atoms with van der Waals surface area (Å²) >= 11 is 3.53. The van der Waals surface area contributed by atoms with Gasteiger partial charge in [0.15, 0.2) is 0 Å². The Kier molecular flexibility index (Phi) is 2.92. The Hall–Kier alpha value is -1.61. The van der Waals surface area contributed by atoms with Crippen LogP contribution >= 0.6 is 15.9 Å². The van der Waals surface area contributed by atoms with Crippen molar-refractivity contribution >= 4 is 21.8 Å². The van der Waals surface area contributed by atoms with E-state index in [4.69, 9.17) is 0 Å². The van der Waals surface area contributed by atoms with Crippen LogP contribution in [0.3, 0.4) is 0 Å². The fourth-order valence-electron chi connectivity index (χ4n) is 2.36. The van der Waals surface area contributed by atoms with Gasteiger partial charge in [-0.3, -0.25) is 4.79 Å². The van der Waals surface area contributed by atoms with Gasteiger partial charge >= 0.3 is 0 Å². The van der Waals surface area contributed by atoms with Gasteiger partial charge in [0.2, 0.25) is 0 Å². The average molecular weight is 302 g/mol. The third kappa shape index (κ3) is 1.95. The maximum atomic E-state index is 12.1. The molecule has 0 unspecified atom stereocenters. The molecule has 1 aliphatic rings. The normalized spacial score (nSPS) is 18.1. The molecule has 3 rings (SSSR count). The van der Waals surface area contributed by atoms with E-state index in [1.807, 2.05) is 48.5 Å². The van der Waals surface area contributed by atoms with Crippen molar-refractivity contribution in [2.24, 2.45) is 0 Å². The first-order valence-corrected chi connectivity index (χ1v) is 6.68. The molecule has 18 heavy (non-hydrogen) atoms. The molecule has 2 aromatic rings. The molecule has 2 nitrogen and oxygen atoms in total. The Morgan fingerprint density at radius 2 is 1.83 bits per heavy atom. The minimum absolute atomic E-state index is 0.00593. The standard InChI is InChI=1S/C15H12BrNO/c16-13-8-4-7-11-12(13)9-14(17-15(11)18)10-5-2-1-3-6-10/h1-8,14H,9H2,(H,17,18)/t14-/m0/s1. The van der Waals surface area contributed by atoms with Gasteiger partial charge in [0.25, 0.3) is 5.91 Å². The SMILES string of the molecule is O=C1N[C@H](c2ccccc2)Cc2c(Br)cccc21. The lowest BCUT2D eigenvalue weighted by Gasteiger charge is -2.26.